The molecule has 136 valence electrons. The van der Waals surface area contributed by atoms with E-state index in [1.807, 2.05) is 18.2 Å². The zero-order chi connectivity index (χ0) is 18.4. The summed E-state index contributed by atoms with van der Waals surface area (Å²) in [5.41, 5.74) is 2.28. The predicted molar refractivity (Wildman–Crippen MR) is 96.8 cm³/mol. The van der Waals surface area contributed by atoms with Crippen molar-refractivity contribution in [1.82, 2.24) is 15.5 Å². The number of hydrogen-bond acceptors (Lipinski definition) is 4. The zero-order valence-electron chi connectivity index (χ0n) is 15.3. The monoisotopic (exact) mass is 345 g/mol. The van der Waals surface area contributed by atoms with Gasteiger partial charge in [-0.05, 0) is 33.3 Å². The first kappa shape index (κ1) is 19.0. The molecule has 25 heavy (non-hydrogen) atoms. The van der Waals surface area contributed by atoms with Crippen LogP contribution in [0.15, 0.2) is 41.6 Å². The van der Waals surface area contributed by atoms with Crippen molar-refractivity contribution in [3.8, 4) is 0 Å². The molecule has 0 fully saturated rings. The highest BCUT2D eigenvalue weighted by Gasteiger charge is 2.30. The van der Waals surface area contributed by atoms with Crippen molar-refractivity contribution in [2.45, 2.75) is 46.3 Å². The second kappa shape index (κ2) is 8.67. The Morgan fingerprint density at radius 1 is 1.24 bits per heavy atom. The van der Waals surface area contributed by atoms with E-state index >= 15 is 0 Å². The highest BCUT2D eigenvalue weighted by atomic mass is 16.5. The van der Waals surface area contributed by atoms with Crippen molar-refractivity contribution in [2.24, 2.45) is 0 Å². The number of nitrogens with zero attached hydrogens (tertiary/aromatic N) is 1. The van der Waals surface area contributed by atoms with E-state index in [1.165, 1.54) is 5.56 Å². The van der Waals surface area contributed by atoms with Gasteiger partial charge in [0.15, 0.2) is 0 Å². The summed E-state index contributed by atoms with van der Waals surface area (Å²) in [7, 11) is 0. The Kier molecular flexibility index (Phi) is 6.58. The molecule has 1 aliphatic rings. The SMILES string of the molecule is CCOC(=O)C1=C(CN(Cc2ccccc2)C(C)C)NC(=O)NC1C. The van der Waals surface area contributed by atoms with Crippen LogP contribution in [0, 0.1) is 0 Å². The number of amides is 2. The third-order valence-electron chi connectivity index (χ3n) is 4.19. The second-order valence-corrected chi connectivity index (χ2v) is 6.42. The van der Waals surface area contributed by atoms with Gasteiger partial charge < -0.3 is 15.4 Å². The molecule has 1 aliphatic heterocycles. The minimum Gasteiger partial charge on any atom is -0.463 e. The van der Waals surface area contributed by atoms with E-state index in [-0.39, 0.29) is 24.1 Å². The molecule has 6 nitrogen and oxygen atoms in total. The topological polar surface area (TPSA) is 70.7 Å². The Morgan fingerprint density at radius 2 is 1.92 bits per heavy atom. The number of hydrogen-bond donors (Lipinski definition) is 2. The van der Waals surface area contributed by atoms with E-state index in [0.29, 0.717) is 24.4 Å². The Hall–Kier alpha value is -2.34. The van der Waals surface area contributed by atoms with Crippen molar-refractivity contribution < 1.29 is 14.3 Å². The summed E-state index contributed by atoms with van der Waals surface area (Å²) < 4.78 is 5.17. The normalized spacial score (nSPS) is 17.5. The first-order valence-electron chi connectivity index (χ1n) is 8.68. The highest BCUT2D eigenvalue weighted by Crippen LogP contribution is 2.18. The van der Waals surface area contributed by atoms with E-state index in [4.69, 9.17) is 4.74 Å². The summed E-state index contributed by atoms with van der Waals surface area (Å²) in [6.45, 7) is 9.26. The Morgan fingerprint density at radius 3 is 2.52 bits per heavy atom. The van der Waals surface area contributed by atoms with Crippen LogP contribution < -0.4 is 10.6 Å². The molecule has 1 heterocycles. The average molecular weight is 345 g/mol. The predicted octanol–water partition coefficient (Wildman–Crippen LogP) is 2.42. The van der Waals surface area contributed by atoms with Gasteiger partial charge in [-0.15, -0.1) is 0 Å². The van der Waals surface area contributed by atoms with Gasteiger partial charge in [0, 0.05) is 24.8 Å². The molecule has 0 radical (unpaired) electrons. The van der Waals surface area contributed by atoms with E-state index in [1.54, 1.807) is 13.8 Å². The van der Waals surface area contributed by atoms with E-state index in [0.717, 1.165) is 6.54 Å². The van der Waals surface area contributed by atoms with Crippen LogP contribution in [0.3, 0.4) is 0 Å². The Balaban J connectivity index is 2.27. The second-order valence-electron chi connectivity index (χ2n) is 6.42. The summed E-state index contributed by atoms with van der Waals surface area (Å²) in [6.07, 6.45) is 0. The summed E-state index contributed by atoms with van der Waals surface area (Å²) >= 11 is 0. The van der Waals surface area contributed by atoms with Gasteiger partial charge in [0.25, 0.3) is 0 Å². The maximum absolute atomic E-state index is 12.3. The molecule has 0 bridgehead atoms. The first-order chi connectivity index (χ1) is 11.9. The maximum atomic E-state index is 12.3. The lowest BCUT2D eigenvalue weighted by molar-refractivity contribution is -0.139. The third kappa shape index (κ3) is 5.06. The fraction of sp³-hybridized carbons (Fsp3) is 0.474. The number of esters is 1. The number of carbonyl (C=O) groups excluding carboxylic acids is 2. The van der Waals surface area contributed by atoms with Crippen LogP contribution in [0.25, 0.3) is 0 Å². The fourth-order valence-corrected chi connectivity index (χ4v) is 2.85. The van der Waals surface area contributed by atoms with Gasteiger partial charge in [-0.2, -0.15) is 0 Å². The van der Waals surface area contributed by atoms with Gasteiger partial charge >= 0.3 is 12.0 Å². The zero-order valence-corrected chi connectivity index (χ0v) is 15.3. The molecular weight excluding hydrogens is 318 g/mol. The molecule has 0 aliphatic carbocycles. The lowest BCUT2D eigenvalue weighted by atomic mass is 10.0. The number of urea groups is 1. The quantitative estimate of drug-likeness (QED) is 0.745. The number of benzene rings is 1. The summed E-state index contributed by atoms with van der Waals surface area (Å²) in [6, 6.07) is 9.71. The van der Waals surface area contributed by atoms with Gasteiger partial charge in [-0.1, -0.05) is 30.3 Å². The van der Waals surface area contributed by atoms with Crippen LogP contribution in [0.1, 0.15) is 33.3 Å². The molecular formula is C19H27N3O3. The van der Waals surface area contributed by atoms with Crippen LogP contribution in [-0.2, 0) is 16.1 Å². The first-order valence-corrected chi connectivity index (χ1v) is 8.68. The van der Waals surface area contributed by atoms with E-state index < -0.39 is 0 Å². The molecule has 0 saturated carbocycles. The lowest BCUT2D eigenvalue weighted by Gasteiger charge is -2.32. The van der Waals surface area contributed by atoms with Crippen LogP contribution in [0.5, 0.6) is 0 Å². The Bertz CT molecular complexity index is 641. The fourth-order valence-electron chi connectivity index (χ4n) is 2.85. The van der Waals surface area contributed by atoms with Crippen molar-refractivity contribution in [3.63, 3.8) is 0 Å². The molecule has 2 amide bonds. The van der Waals surface area contributed by atoms with Crippen LogP contribution in [0.4, 0.5) is 4.79 Å². The molecule has 1 unspecified atom stereocenters. The lowest BCUT2D eigenvalue weighted by Crippen LogP contribution is -2.51. The summed E-state index contributed by atoms with van der Waals surface area (Å²) in [5.74, 6) is -0.388. The molecule has 0 spiro atoms. The number of ether oxygens (including phenoxy) is 1. The van der Waals surface area contributed by atoms with Crippen LogP contribution >= 0.6 is 0 Å². The van der Waals surface area contributed by atoms with Crippen LogP contribution in [-0.4, -0.2) is 42.1 Å². The molecule has 1 aromatic carbocycles. The highest BCUT2D eigenvalue weighted by molar-refractivity contribution is 5.94. The van der Waals surface area contributed by atoms with Crippen molar-refractivity contribution >= 4 is 12.0 Å². The largest absolute Gasteiger partial charge is 0.463 e. The summed E-state index contributed by atoms with van der Waals surface area (Å²) in [4.78, 5) is 26.4. The van der Waals surface area contributed by atoms with Gasteiger partial charge in [-0.3, -0.25) is 4.90 Å². The van der Waals surface area contributed by atoms with Gasteiger partial charge in [0.05, 0.1) is 18.2 Å². The minimum atomic E-state index is -0.388. The van der Waals surface area contributed by atoms with E-state index in [9.17, 15) is 9.59 Å². The van der Waals surface area contributed by atoms with Gasteiger partial charge in [-0.25, -0.2) is 9.59 Å². The minimum absolute atomic E-state index is 0.248. The standard InChI is InChI=1S/C19H27N3O3/c1-5-25-18(23)17-14(4)20-19(24)21-16(17)12-22(13(2)3)11-15-9-7-6-8-10-15/h6-10,13-14H,5,11-12H2,1-4H3,(H2,20,21,24). The maximum Gasteiger partial charge on any atom is 0.337 e. The molecule has 2 rings (SSSR count). The third-order valence-corrected chi connectivity index (χ3v) is 4.19. The number of nitrogens with one attached hydrogen (secondary N) is 2. The van der Waals surface area contributed by atoms with Gasteiger partial charge in [0.2, 0.25) is 0 Å². The molecule has 0 aromatic heterocycles. The van der Waals surface area contributed by atoms with Crippen molar-refractivity contribution in [3.05, 3.63) is 47.2 Å². The number of carbonyl (C=O) groups is 2. The van der Waals surface area contributed by atoms with Crippen LogP contribution in [0.2, 0.25) is 0 Å². The molecule has 1 aromatic rings. The van der Waals surface area contributed by atoms with E-state index in [2.05, 4.69) is 41.5 Å². The molecule has 6 heteroatoms. The molecule has 0 saturated heterocycles. The number of rotatable bonds is 7. The summed E-state index contributed by atoms with van der Waals surface area (Å²) in [5, 5.41) is 5.52. The van der Waals surface area contributed by atoms with Crippen molar-refractivity contribution in [1.29, 1.82) is 0 Å². The Labute approximate surface area is 149 Å². The average Bonchev–Trinajstić information content (AvgIpc) is 2.54. The molecule has 2 N–H and O–H groups in total. The van der Waals surface area contributed by atoms with Crippen molar-refractivity contribution in [2.75, 3.05) is 13.2 Å². The molecule has 1 atom stereocenters. The smallest absolute Gasteiger partial charge is 0.337 e. The van der Waals surface area contributed by atoms with Gasteiger partial charge in [0.1, 0.15) is 0 Å².